The summed E-state index contributed by atoms with van der Waals surface area (Å²) in [5.41, 5.74) is -0.136. The van der Waals surface area contributed by atoms with Crippen LogP contribution in [0.2, 0.25) is 0 Å². The maximum Gasteiger partial charge on any atom is 0.227 e. The van der Waals surface area contributed by atoms with E-state index < -0.39 is 5.82 Å². The van der Waals surface area contributed by atoms with E-state index in [1.807, 2.05) is 20.8 Å². The Kier molecular flexibility index (Phi) is 6.31. The Bertz CT molecular complexity index is 816. The molecule has 8 heteroatoms. The standard InChI is InChI=1S/C21H27BrFN3O3/c1-21(2,3)26-12-14(10-18(26)27)20(29)25-8-6-13(7-9-25)19(28)24-17-5-4-15(22)11-16(17)23/h4-5,11,13-14H,6-10,12H2,1-3H3,(H,24,28). The zero-order valence-corrected chi connectivity index (χ0v) is 18.6. The lowest BCUT2D eigenvalue weighted by molar-refractivity contribution is -0.138. The van der Waals surface area contributed by atoms with Crippen LogP contribution in [0.25, 0.3) is 0 Å². The van der Waals surface area contributed by atoms with Crippen molar-refractivity contribution in [2.24, 2.45) is 11.8 Å². The zero-order valence-electron chi connectivity index (χ0n) is 17.0. The molecule has 0 radical (unpaired) electrons. The minimum atomic E-state index is -0.491. The van der Waals surface area contributed by atoms with Crippen LogP contribution in [0.1, 0.15) is 40.0 Å². The molecule has 1 unspecified atom stereocenters. The predicted molar refractivity (Wildman–Crippen MR) is 112 cm³/mol. The molecule has 158 valence electrons. The molecule has 0 spiro atoms. The van der Waals surface area contributed by atoms with E-state index in [4.69, 9.17) is 0 Å². The number of amides is 3. The molecule has 2 fully saturated rings. The van der Waals surface area contributed by atoms with E-state index >= 15 is 0 Å². The number of nitrogens with zero attached hydrogens (tertiary/aromatic N) is 2. The number of halogens is 2. The minimum absolute atomic E-state index is 0.0112. The lowest BCUT2D eigenvalue weighted by atomic mass is 9.94. The van der Waals surface area contributed by atoms with Crippen LogP contribution in [0.3, 0.4) is 0 Å². The molecule has 2 saturated heterocycles. The molecule has 0 aromatic heterocycles. The Morgan fingerprint density at radius 2 is 1.83 bits per heavy atom. The third kappa shape index (κ3) is 4.97. The number of hydrogen-bond acceptors (Lipinski definition) is 3. The smallest absolute Gasteiger partial charge is 0.227 e. The van der Waals surface area contributed by atoms with Crippen molar-refractivity contribution in [1.82, 2.24) is 9.80 Å². The third-order valence-corrected chi connectivity index (χ3v) is 6.14. The number of anilines is 1. The maximum atomic E-state index is 13.9. The van der Waals surface area contributed by atoms with Crippen molar-refractivity contribution in [2.75, 3.05) is 25.0 Å². The predicted octanol–water partition coefficient (Wildman–Crippen LogP) is 3.41. The van der Waals surface area contributed by atoms with Crippen molar-refractivity contribution in [1.29, 1.82) is 0 Å². The summed E-state index contributed by atoms with van der Waals surface area (Å²) in [6, 6.07) is 4.50. The van der Waals surface area contributed by atoms with E-state index in [2.05, 4.69) is 21.2 Å². The second-order valence-corrected chi connectivity index (χ2v) is 9.70. The average Bonchev–Trinajstić information content (AvgIpc) is 3.05. The Morgan fingerprint density at radius 3 is 2.38 bits per heavy atom. The van der Waals surface area contributed by atoms with E-state index in [1.165, 1.54) is 12.1 Å². The second kappa shape index (κ2) is 8.42. The number of benzene rings is 1. The number of carbonyl (C=O) groups excluding carboxylic acids is 3. The Hall–Kier alpha value is -1.96. The van der Waals surface area contributed by atoms with Crippen LogP contribution in [0, 0.1) is 17.7 Å². The van der Waals surface area contributed by atoms with Gasteiger partial charge in [0.1, 0.15) is 5.82 Å². The minimum Gasteiger partial charge on any atom is -0.342 e. The average molecular weight is 468 g/mol. The summed E-state index contributed by atoms with van der Waals surface area (Å²) in [6.07, 6.45) is 1.30. The van der Waals surface area contributed by atoms with Crippen LogP contribution < -0.4 is 5.32 Å². The number of hydrogen-bond donors (Lipinski definition) is 1. The monoisotopic (exact) mass is 467 g/mol. The summed E-state index contributed by atoms with van der Waals surface area (Å²) in [5.74, 6) is -1.30. The lowest BCUT2D eigenvalue weighted by Crippen LogP contribution is -2.46. The first kappa shape index (κ1) is 21.7. The highest BCUT2D eigenvalue weighted by Crippen LogP contribution is 2.29. The molecule has 6 nitrogen and oxygen atoms in total. The SMILES string of the molecule is CC(C)(C)N1CC(C(=O)N2CCC(C(=O)Nc3ccc(Br)cc3F)CC2)CC1=O. The summed E-state index contributed by atoms with van der Waals surface area (Å²) in [6.45, 7) is 7.30. The Morgan fingerprint density at radius 1 is 1.17 bits per heavy atom. The van der Waals surface area contributed by atoms with Gasteiger partial charge in [0, 0.05) is 42.0 Å². The van der Waals surface area contributed by atoms with Gasteiger partial charge >= 0.3 is 0 Å². The van der Waals surface area contributed by atoms with Crippen molar-refractivity contribution in [3.05, 3.63) is 28.5 Å². The van der Waals surface area contributed by atoms with Gasteiger partial charge in [-0.25, -0.2) is 4.39 Å². The number of likely N-dealkylation sites (tertiary alicyclic amines) is 2. The van der Waals surface area contributed by atoms with E-state index in [9.17, 15) is 18.8 Å². The highest BCUT2D eigenvalue weighted by Gasteiger charge is 2.41. The first-order chi connectivity index (χ1) is 13.6. The second-order valence-electron chi connectivity index (χ2n) is 8.79. The van der Waals surface area contributed by atoms with Gasteiger partial charge in [-0.1, -0.05) is 15.9 Å². The van der Waals surface area contributed by atoms with Crippen LogP contribution in [-0.4, -0.2) is 52.7 Å². The fraction of sp³-hybridized carbons (Fsp3) is 0.571. The molecule has 2 aliphatic rings. The molecular weight excluding hydrogens is 441 g/mol. The lowest BCUT2D eigenvalue weighted by Gasteiger charge is -2.34. The van der Waals surface area contributed by atoms with Crippen LogP contribution in [0.4, 0.5) is 10.1 Å². The molecule has 0 bridgehead atoms. The molecule has 0 aliphatic carbocycles. The van der Waals surface area contributed by atoms with Crippen molar-refractivity contribution >= 4 is 39.3 Å². The van der Waals surface area contributed by atoms with E-state index in [0.29, 0.717) is 36.9 Å². The topological polar surface area (TPSA) is 69.7 Å². The summed E-state index contributed by atoms with van der Waals surface area (Å²) < 4.78 is 14.5. The first-order valence-corrected chi connectivity index (χ1v) is 10.7. The number of carbonyl (C=O) groups is 3. The van der Waals surface area contributed by atoms with Crippen LogP contribution >= 0.6 is 15.9 Å². The van der Waals surface area contributed by atoms with E-state index in [-0.39, 0.29) is 47.2 Å². The van der Waals surface area contributed by atoms with Gasteiger partial charge in [-0.2, -0.15) is 0 Å². The van der Waals surface area contributed by atoms with Crippen LogP contribution in [0.5, 0.6) is 0 Å². The first-order valence-electron chi connectivity index (χ1n) is 9.91. The summed E-state index contributed by atoms with van der Waals surface area (Å²) >= 11 is 3.19. The molecule has 2 aliphatic heterocycles. The van der Waals surface area contributed by atoms with Gasteiger partial charge in [-0.3, -0.25) is 14.4 Å². The van der Waals surface area contributed by atoms with Gasteiger partial charge in [-0.05, 0) is 51.8 Å². The van der Waals surface area contributed by atoms with Crippen molar-refractivity contribution in [2.45, 2.75) is 45.6 Å². The van der Waals surface area contributed by atoms with Crippen LogP contribution in [-0.2, 0) is 14.4 Å². The van der Waals surface area contributed by atoms with Gasteiger partial charge < -0.3 is 15.1 Å². The summed E-state index contributed by atoms with van der Waals surface area (Å²) in [7, 11) is 0. The number of nitrogens with one attached hydrogen (secondary N) is 1. The Balaban J connectivity index is 1.53. The molecule has 3 rings (SSSR count). The fourth-order valence-corrected chi connectivity index (χ4v) is 4.30. The fourth-order valence-electron chi connectivity index (χ4n) is 3.97. The van der Waals surface area contributed by atoms with Crippen LogP contribution in [0.15, 0.2) is 22.7 Å². The molecule has 0 saturated carbocycles. The van der Waals surface area contributed by atoms with Gasteiger partial charge in [0.05, 0.1) is 11.6 Å². The molecule has 1 aromatic carbocycles. The largest absolute Gasteiger partial charge is 0.342 e. The van der Waals surface area contributed by atoms with Crippen molar-refractivity contribution < 1.29 is 18.8 Å². The highest BCUT2D eigenvalue weighted by molar-refractivity contribution is 9.10. The van der Waals surface area contributed by atoms with Gasteiger partial charge in [0.15, 0.2) is 0 Å². The molecule has 1 aromatic rings. The van der Waals surface area contributed by atoms with Gasteiger partial charge in [-0.15, -0.1) is 0 Å². The molecule has 3 amide bonds. The number of piperidine rings is 1. The Labute approximate surface area is 178 Å². The van der Waals surface area contributed by atoms with E-state index in [0.717, 1.165) is 0 Å². The summed E-state index contributed by atoms with van der Waals surface area (Å²) in [5, 5.41) is 2.64. The van der Waals surface area contributed by atoms with E-state index in [1.54, 1.807) is 15.9 Å². The van der Waals surface area contributed by atoms with Crippen molar-refractivity contribution in [3.8, 4) is 0 Å². The molecular formula is C21H27BrFN3O3. The highest BCUT2D eigenvalue weighted by atomic mass is 79.9. The molecule has 29 heavy (non-hydrogen) atoms. The number of rotatable bonds is 3. The van der Waals surface area contributed by atoms with Gasteiger partial charge in [0.25, 0.3) is 0 Å². The third-order valence-electron chi connectivity index (χ3n) is 5.65. The molecule has 1 N–H and O–H groups in total. The normalized spacial score (nSPS) is 20.9. The quantitative estimate of drug-likeness (QED) is 0.740. The molecule has 2 heterocycles. The molecule has 1 atom stereocenters. The zero-order chi connectivity index (χ0) is 21.3. The maximum absolute atomic E-state index is 13.9. The summed E-state index contributed by atoms with van der Waals surface area (Å²) in [4.78, 5) is 41.1. The van der Waals surface area contributed by atoms with Crippen molar-refractivity contribution in [3.63, 3.8) is 0 Å². The van der Waals surface area contributed by atoms with Gasteiger partial charge in [0.2, 0.25) is 17.7 Å².